The van der Waals surface area contributed by atoms with Crippen molar-refractivity contribution in [3.05, 3.63) is 58.9 Å². The average Bonchev–Trinajstić information content (AvgIpc) is 3.23. The number of carboxylic acids is 1. The van der Waals surface area contributed by atoms with Crippen LogP contribution in [0.2, 0.25) is 0 Å². The van der Waals surface area contributed by atoms with E-state index in [2.05, 4.69) is 5.32 Å². The Morgan fingerprint density at radius 3 is 2.81 bits per heavy atom. The zero-order valence-electron chi connectivity index (χ0n) is 13.9. The number of carbonyl (C=O) groups is 3. The topological polar surface area (TPSA) is 99.9 Å². The highest BCUT2D eigenvalue weighted by Crippen LogP contribution is 2.32. The Bertz CT molecular complexity index is 937. The zero-order valence-corrected chi connectivity index (χ0v) is 15.5. The number of rotatable bonds is 6. The number of thiocarbonyl (C=S) groups is 1. The second kappa shape index (κ2) is 8.19. The van der Waals surface area contributed by atoms with Gasteiger partial charge in [-0.3, -0.25) is 14.5 Å². The van der Waals surface area contributed by atoms with Crippen LogP contribution in [-0.2, 0) is 9.59 Å². The van der Waals surface area contributed by atoms with E-state index in [1.54, 1.807) is 30.3 Å². The van der Waals surface area contributed by atoms with Gasteiger partial charge >= 0.3 is 5.97 Å². The molecule has 0 spiro atoms. The van der Waals surface area contributed by atoms with Gasteiger partial charge in [-0.1, -0.05) is 30.0 Å². The van der Waals surface area contributed by atoms with Crippen LogP contribution < -0.4 is 5.32 Å². The summed E-state index contributed by atoms with van der Waals surface area (Å²) in [5.74, 6) is -1.15. The van der Waals surface area contributed by atoms with Gasteiger partial charge in [0, 0.05) is 24.7 Å². The number of nitrogens with zero attached hydrogens (tertiary/aromatic N) is 1. The van der Waals surface area contributed by atoms with E-state index < -0.39 is 5.97 Å². The van der Waals surface area contributed by atoms with Gasteiger partial charge in [-0.2, -0.15) is 0 Å². The first kappa shape index (κ1) is 18.9. The van der Waals surface area contributed by atoms with Gasteiger partial charge in [-0.15, -0.1) is 0 Å². The summed E-state index contributed by atoms with van der Waals surface area (Å²) < 4.78 is 5.57. The lowest BCUT2D eigenvalue weighted by atomic mass is 10.2. The lowest BCUT2D eigenvalue weighted by molar-refractivity contribution is -0.122. The van der Waals surface area contributed by atoms with Gasteiger partial charge < -0.3 is 14.8 Å². The molecule has 27 heavy (non-hydrogen) atoms. The molecular formula is C18H14N2O5S2. The van der Waals surface area contributed by atoms with Crippen LogP contribution >= 0.6 is 24.0 Å². The Morgan fingerprint density at radius 1 is 1.30 bits per heavy atom. The van der Waals surface area contributed by atoms with Crippen molar-refractivity contribution in [2.45, 2.75) is 6.42 Å². The second-order valence-electron chi connectivity index (χ2n) is 5.53. The molecule has 2 amide bonds. The van der Waals surface area contributed by atoms with Crippen LogP contribution in [0.1, 0.15) is 22.5 Å². The lowest BCUT2D eigenvalue weighted by Crippen LogP contribution is -2.31. The zero-order chi connectivity index (χ0) is 19.4. The number of nitrogens with one attached hydrogen (secondary N) is 1. The van der Waals surface area contributed by atoms with Gasteiger partial charge in [0.1, 0.15) is 10.1 Å². The molecule has 1 fully saturated rings. The molecule has 0 bridgehead atoms. The van der Waals surface area contributed by atoms with E-state index in [0.29, 0.717) is 20.7 Å². The average molecular weight is 402 g/mol. The number of aromatic carboxylic acids is 1. The highest BCUT2D eigenvalue weighted by Gasteiger charge is 2.32. The maximum absolute atomic E-state index is 12.4. The number of carbonyl (C=O) groups excluding carboxylic acids is 2. The minimum Gasteiger partial charge on any atom is -0.478 e. The third kappa shape index (κ3) is 4.63. The van der Waals surface area contributed by atoms with E-state index in [0.717, 1.165) is 11.8 Å². The summed E-state index contributed by atoms with van der Waals surface area (Å²) in [5.41, 5.74) is 0.454. The fourth-order valence-electron chi connectivity index (χ4n) is 2.36. The van der Waals surface area contributed by atoms with E-state index in [4.69, 9.17) is 21.7 Å². The molecule has 1 aromatic heterocycles. The molecule has 0 radical (unpaired) electrons. The van der Waals surface area contributed by atoms with Crippen LogP contribution in [0.15, 0.2) is 52.0 Å². The highest BCUT2D eigenvalue weighted by atomic mass is 32.2. The van der Waals surface area contributed by atoms with E-state index in [-0.39, 0.29) is 30.3 Å². The van der Waals surface area contributed by atoms with Crippen molar-refractivity contribution in [1.82, 2.24) is 4.90 Å². The fourth-order valence-corrected chi connectivity index (χ4v) is 3.65. The van der Waals surface area contributed by atoms with Crippen molar-refractivity contribution in [3.63, 3.8) is 0 Å². The van der Waals surface area contributed by atoms with Gasteiger partial charge in [-0.05, 0) is 30.3 Å². The third-order valence-electron chi connectivity index (χ3n) is 3.65. The van der Waals surface area contributed by atoms with Crippen molar-refractivity contribution in [2.24, 2.45) is 0 Å². The molecule has 1 aromatic carbocycles. The van der Waals surface area contributed by atoms with Gasteiger partial charge in [0.25, 0.3) is 5.91 Å². The highest BCUT2D eigenvalue weighted by molar-refractivity contribution is 8.26. The number of furan rings is 1. The molecule has 2 aromatic rings. The van der Waals surface area contributed by atoms with E-state index in [9.17, 15) is 14.4 Å². The summed E-state index contributed by atoms with van der Waals surface area (Å²) in [5, 5.41) is 11.6. The maximum Gasteiger partial charge on any atom is 0.335 e. The van der Waals surface area contributed by atoms with E-state index in [1.807, 2.05) is 0 Å². The lowest BCUT2D eigenvalue weighted by Gasteiger charge is -2.14. The Kier molecular flexibility index (Phi) is 5.72. The molecule has 7 nitrogen and oxygen atoms in total. The largest absolute Gasteiger partial charge is 0.478 e. The Morgan fingerprint density at radius 2 is 2.11 bits per heavy atom. The summed E-state index contributed by atoms with van der Waals surface area (Å²) >= 11 is 6.37. The summed E-state index contributed by atoms with van der Waals surface area (Å²) in [4.78, 5) is 37.3. The molecule has 0 saturated carbocycles. The molecule has 2 N–H and O–H groups in total. The molecular weight excluding hydrogens is 388 g/mol. The van der Waals surface area contributed by atoms with Crippen LogP contribution in [-0.4, -0.2) is 38.7 Å². The molecule has 0 unspecified atom stereocenters. The van der Waals surface area contributed by atoms with Crippen molar-refractivity contribution in [3.8, 4) is 0 Å². The molecule has 1 aliphatic rings. The third-order valence-corrected chi connectivity index (χ3v) is 5.02. The molecule has 138 valence electrons. The summed E-state index contributed by atoms with van der Waals surface area (Å²) in [6, 6.07) is 9.38. The quantitative estimate of drug-likeness (QED) is 0.565. The molecule has 0 aliphatic carbocycles. The predicted octanol–water partition coefficient (Wildman–Crippen LogP) is 3.21. The second-order valence-corrected chi connectivity index (χ2v) is 7.21. The fraction of sp³-hybridized carbons (Fsp3) is 0.111. The molecule has 2 heterocycles. The molecule has 0 atom stereocenters. The monoisotopic (exact) mass is 402 g/mol. The Labute approximate surface area is 164 Å². The maximum atomic E-state index is 12.4. The van der Waals surface area contributed by atoms with Crippen LogP contribution in [0.3, 0.4) is 0 Å². The van der Waals surface area contributed by atoms with Crippen molar-refractivity contribution >= 4 is 57.8 Å². The number of amides is 2. The van der Waals surface area contributed by atoms with Crippen molar-refractivity contribution in [2.75, 3.05) is 11.9 Å². The number of hydrogen-bond acceptors (Lipinski definition) is 6. The SMILES string of the molecule is O=C(CCN1C(=O)/C(=C\c2ccco2)SC1=S)Nc1cccc(C(=O)O)c1. The summed E-state index contributed by atoms with van der Waals surface area (Å²) in [6.45, 7) is 0.130. The number of benzene rings is 1. The number of carboxylic acid groups (broad SMARTS) is 1. The van der Waals surface area contributed by atoms with Gasteiger partial charge in [0.15, 0.2) is 0 Å². The minimum absolute atomic E-state index is 0.0256. The normalized spacial score (nSPS) is 15.4. The van der Waals surface area contributed by atoms with E-state index in [1.165, 1.54) is 23.3 Å². The Hall–Kier alpha value is -2.91. The number of thioether (sulfide) groups is 1. The molecule has 1 aliphatic heterocycles. The van der Waals surface area contributed by atoms with Crippen molar-refractivity contribution in [1.29, 1.82) is 0 Å². The first-order valence-electron chi connectivity index (χ1n) is 7.86. The van der Waals surface area contributed by atoms with Crippen LogP contribution in [0.5, 0.6) is 0 Å². The summed E-state index contributed by atoms with van der Waals surface area (Å²) in [6.07, 6.45) is 3.14. The van der Waals surface area contributed by atoms with Gasteiger partial charge in [0.2, 0.25) is 5.91 Å². The van der Waals surface area contributed by atoms with Crippen LogP contribution in [0.25, 0.3) is 6.08 Å². The Balaban J connectivity index is 1.59. The van der Waals surface area contributed by atoms with Gasteiger partial charge in [0.05, 0.1) is 16.7 Å². The molecule has 3 rings (SSSR count). The van der Waals surface area contributed by atoms with Crippen molar-refractivity contribution < 1.29 is 23.9 Å². The predicted molar refractivity (Wildman–Crippen MR) is 105 cm³/mol. The minimum atomic E-state index is -1.08. The smallest absolute Gasteiger partial charge is 0.335 e. The number of anilines is 1. The summed E-state index contributed by atoms with van der Waals surface area (Å²) in [7, 11) is 0. The molecule has 9 heteroatoms. The standard InChI is InChI=1S/C18H14N2O5S2/c21-15(19-12-4-1-3-11(9-12)17(23)24)6-7-20-16(22)14(27-18(20)26)10-13-5-2-8-25-13/h1-5,8-10H,6-7H2,(H,19,21)(H,23,24)/b14-10+. The van der Waals surface area contributed by atoms with Crippen LogP contribution in [0.4, 0.5) is 5.69 Å². The first-order valence-corrected chi connectivity index (χ1v) is 9.08. The molecule has 1 saturated heterocycles. The van der Waals surface area contributed by atoms with Crippen LogP contribution in [0, 0.1) is 0 Å². The number of hydrogen-bond donors (Lipinski definition) is 2. The van der Waals surface area contributed by atoms with Gasteiger partial charge in [-0.25, -0.2) is 4.79 Å². The van der Waals surface area contributed by atoms with E-state index >= 15 is 0 Å². The first-order chi connectivity index (χ1) is 12.9.